The summed E-state index contributed by atoms with van der Waals surface area (Å²) in [4.78, 5) is 14.3. The van der Waals surface area contributed by atoms with E-state index in [1.165, 1.54) is 0 Å². The highest BCUT2D eigenvalue weighted by Crippen LogP contribution is 2.17. The van der Waals surface area contributed by atoms with Crippen molar-refractivity contribution in [2.75, 3.05) is 26.7 Å². The lowest BCUT2D eigenvalue weighted by atomic mass is 10.0. The van der Waals surface area contributed by atoms with Crippen molar-refractivity contribution in [1.82, 2.24) is 10.2 Å². The number of hydrogen-bond donors (Lipinski definition) is 1. The molecule has 1 aliphatic heterocycles. The molecule has 0 aliphatic carbocycles. The summed E-state index contributed by atoms with van der Waals surface area (Å²) in [6.07, 6.45) is 2.04. The van der Waals surface area contributed by atoms with Crippen molar-refractivity contribution in [2.45, 2.75) is 25.8 Å². The summed E-state index contributed by atoms with van der Waals surface area (Å²) in [5.41, 5.74) is 0.701. The quantitative estimate of drug-likeness (QED) is 0.927. The largest absolute Gasteiger partial charge is 0.494 e. The molecule has 1 amide bonds. The number of carbonyl (C=O) groups excluding carboxylic acids is 1. The summed E-state index contributed by atoms with van der Waals surface area (Å²) in [6, 6.07) is 7.76. The second-order valence-corrected chi connectivity index (χ2v) is 4.86. The SMILES string of the molecule is CCOc1cccc(C(=O)N(C)C2CCNCC2)c1.Cl. The summed E-state index contributed by atoms with van der Waals surface area (Å²) in [7, 11) is 1.89. The van der Waals surface area contributed by atoms with Crippen LogP contribution in [0.5, 0.6) is 5.75 Å². The Bertz CT molecular complexity index is 434. The minimum Gasteiger partial charge on any atom is -0.494 e. The normalized spacial score (nSPS) is 15.3. The Hall–Kier alpha value is -1.26. The Morgan fingerprint density at radius 3 is 2.75 bits per heavy atom. The first-order chi connectivity index (χ1) is 9.22. The molecule has 20 heavy (non-hydrogen) atoms. The first-order valence-electron chi connectivity index (χ1n) is 6.93. The number of rotatable bonds is 4. The van der Waals surface area contributed by atoms with Gasteiger partial charge >= 0.3 is 0 Å². The molecule has 1 aromatic carbocycles. The molecular weight excluding hydrogens is 276 g/mol. The number of nitrogens with zero attached hydrogens (tertiary/aromatic N) is 1. The molecule has 0 aromatic heterocycles. The maximum atomic E-state index is 12.5. The van der Waals surface area contributed by atoms with Gasteiger partial charge in [0, 0.05) is 18.7 Å². The zero-order valence-corrected chi connectivity index (χ0v) is 12.9. The van der Waals surface area contributed by atoms with Crippen LogP contribution in [0.2, 0.25) is 0 Å². The van der Waals surface area contributed by atoms with E-state index in [0.29, 0.717) is 18.2 Å². The van der Waals surface area contributed by atoms with E-state index < -0.39 is 0 Å². The zero-order chi connectivity index (χ0) is 13.7. The van der Waals surface area contributed by atoms with E-state index in [2.05, 4.69) is 5.32 Å². The summed E-state index contributed by atoms with van der Waals surface area (Å²) >= 11 is 0. The van der Waals surface area contributed by atoms with Gasteiger partial charge in [-0.3, -0.25) is 4.79 Å². The molecule has 112 valence electrons. The number of nitrogens with one attached hydrogen (secondary N) is 1. The lowest BCUT2D eigenvalue weighted by Crippen LogP contribution is -2.43. The molecule has 0 atom stereocenters. The van der Waals surface area contributed by atoms with Crippen LogP contribution in [0, 0.1) is 0 Å². The predicted octanol–water partition coefficient (Wildman–Crippen LogP) is 2.33. The van der Waals surface area contributed by atoms with Gasteiger partial charge in [-0.25, -0.2) is 0 Å². The Balaban J connectivity index is 0.00000200. The Morgan fingerprint density at radius 1 is 1.40 bits per heavy atom. The predicted molar refractivity (Wildman–Crippen MR) is 82.8 cm³/mol. The van der Waals surface area contributed by atoms with Crippen LogP contribution in [0.25, 0.3) is 0 Å². The van der Waals surface area contributed by atoms with Crippen LogP contribution in [0.1, 0.15) is 30.1 Å². The molecule has 5 heteroatoms. The van der Waals surface area contributed by atoms with Gasteiger partial charge in [0.05, 0.1) is 6.61 Å². The van der Waals surface area contributed by atoms with Crippen molar-refractivity contribution in [3.05, 3.63) is 29.8 Å². The molecule has 0 bridgehead atoms. The van der Waals surface area contributed by atoms with Gasteiger partial charge in [-0.15, -0.1) is 12.4 Å². The van der Waals surface area contributed by atoms with E-state index in [4.69, 9.17) is 4.74 Å². The number of benzene rings is 1. The van der Waals surface area contributed by atoms with Crippen LogP contribution < -0.4 is 10.1 Å². The molecule has 1 heterocycles. The molecule has 1 saturated heterocycles. The number of hydrogen-bond acceptors (Lipinski definition) is 3. The van der Waals surface area contributed by atoms with Gasteiger partial charge < -0.3 is 15.0 Å². The van der Waals surface area contributed by atoms with Crippen LogP contribution in [0.4, 0.5) is 0 Å². The summed E-state index contributed by atoms with van der Waals surface area (Å²) < 4.78 is 5.44. The molecule has 0 unspecified atom stereocenters. The summed E-state index contributed by atoms with van der Waals surface area (Å²) in [5, 5.41) is 3.32. The number of carbonyl (C=O) groups is 1. The molecular formula is C15H23ClN2O2. The Labute approximate surface area is 126 Å². The average Bonchev–Trinajstić information content (AvgIpc) is 2.47. The minimum atomic E-state index is 0. The number of ether oxygens (including phenoxy) is 1. The standard InChI is InChI=1S/C15H22N2O2.ClH/c1-3-19-14-6-4-5-12(11-14)15(18)17(2)13-7-9-16-10-8-13;/h4-6,11,13,16H,3,7-10H2,1-2H3;1H. The molecule has 1 aromatic rings. The second-order valence-electron chi connectivity index (χ2n) is 4.86. The van der Waals surface area contributed by atoms with E-state index in [1.54, 1.807) is 0 Å². The van der Waals surface area contributed by atoms with Crippen molar-refractivity contribution < 1.29 is 9.53 Å². The average molecular weight is 299 g/mol. The van der Waals surface area contributed by atoms with Gasteiger partial charge in [0.15, 0.2) is 0 Å². The monoisotopic (exact) mass is 298 g/mol. The molecule has 1 fully saturated rings. The second kappa shape index (κ2) is 8.12. The summed E-state index contributed by atoms with van der Waals surface area (Å²) in [6.45, 7) is 4.53. The van der Waals surface area contributed by atoms with Gasteiger partial charge in [-0.05, 0) is 51.1 Å². The minimum absolute atomic E-state index is 0. The Kier molecular flexibility index (Phi) is 6.82. The molecule has 0 radical (unpaired) electrons. The van der Waals surface area contributed by atoms with Crippen molar-refractivity contribution in [3.63, 3.8) is 0 Å². The molecule has 0 spiro atoms. The van der Waals surface area contributed by atoms with Gasteiger partial charge in [-0.1, -0.05) is 6.07 Å². The van der Waals surface area contributed by atoms with E-state index in [1.807, 2.05) is 43.1 Å². The van der Waals surface area contributed by atoms with E-state index in [0.717, 1.165) is 31.7 Å². The Morgan fingerprint density at radius 2 is 2.10 bits per heavy atom. The zero-order valence-electron chi connectivity index (χ0n) is 12.1. The van der Waals surface area contributed by atoms with Crippen LogP contribution >= 0.6 is 12.4 Å². The van der Waals surface area contributed by atoms with Crippen LogP contribution in [0.3, 0.4) is 0 Å². The van der Waals surface area contributed by atoms with Crippen LogP contribution in [-0.4, -0.2) is 43.6 Å². The van der Waals surface area contributed by atoms with Crippen molar-refractivity contribution in [3.8, 4) is 5.75 Å². The fourth-order valence-electron chi connectivity index (χ4n) is 2.45. The molecule has 1 aliphatic rings. The maximum absolute atomic E-state index is 12.5. The first kappa shape index (κ1) is 16.8. The first-order valence-corrected chi connectivity index (χ1v) is 6.93. The lowest BCUT2D eigenvalue weighted by molar-refractivity contribution is 0.0703. The third kappa shape index (κ3) is 4.12. The highest BCUT2D eigenvalue weighted by molar-refractivity contribution is 5.94. The number of amides is 1. The van der Waals surface area contributed by atoms with E-state index in [9.17, 15) is 4.79 Å². The smallest absolute Gasteiger partial charge is 0.253 e. The highest BCUT2D eigenvalue weighted by Gasteiger charge is 2.22. The summed E-state index contributed by atoms with van der Waals surface area (Å²) in [5.74, 6) is 0.834. The molecule has 2 rings (SSSR count). The molecule has 4 nitrogen and oxygen atoms in total. The molecule has 0 saturated carbocycles. The van der Waals surface area contributed by atoms with Gasteiger partial charge in [0.25, 0.3) is 5.91 Å². The molecule has 1 N–H and O–H groups in total. The fourth-order valence-corrected chi connectivity index (χ4v) is 2.45. The van der Waals surface area contributed by atoms with Crippen molar-refractivity contribution in [1.29, 1.82) is 0 Å². The van der Waals surface area contributed by atoms with Crippen LogP contribution in [-0.2, 0) is 0 Å². The lowest BCUT2D eigenvalue weighted by Gasteiger charge is -2.31. The topological polar surface area (TPSA) is 41.6 Å². The van der Waals surface area contributed by atoms with E-state index >= 15 is 0 Å². The third-order valence-corrected chi connectivity index (χ3v) is 3.57. The third-order valence-electron chi connectivity index (χ3n) is 3.57. The van der Waals surface area contributed by atoms with Crippen molar-refractivity contribution >= 4 is 18.3 Å². The highest BCUT2D eigenvalue weighted by atomic mass is 35.5. The number of halogens is 1. The van der Waals surface area contributed by atoms with Gasteiger partial charge in [0.1, 0.15) is 5.75 Å². The maximum Gasteiger partial charge on any atom is 0.253 e. The fraction of sp³-hybridized carbons (Fsp3) is 0.533. The van der Waals surface area contributed by atoms with Gasteiger partial charge in [0.2, 0.25) is 0 Å². The van der Waals surface area contributed by atoms with Crippen LogP contribution in [0.15, 0.2) is 24.3 Å². The van der Waals surface area contributed by atoms with Crippen molar-refractivity contribution in [2.24, 2.45) is 0 Å². The van der Waals surface area contributed by atoms with Gasteiger partial charge in [-0.2, -0.15) is 0 Å². The number of piperidine rings is 1. The van der Waals surface area contributed by atoms with E-state index in [-0.39, 0.29) is 18.3 Å².